The molecule has 8 nitrogen and oxygen atoms in total. The number of aromatic nitrogens is 1. The summed E-state index contributed by atoms with van der Waals surface area (Å²) in [4.78, 5) is 13.8. The second kappa shape index (κ2) is 12.9. The second-order valence-corrected chi connectivity index (χ2v) is 11.9. The van der Waals surface area contributed by atoms with E-state index < -0.39 is 5.63 Å². The van der Waals surface area contributed by atoms with Crippen molar-refractivity contribution in [2.75, 3.05) is 21.3 Å². The van der Waals surface area contributed by atoms with E-state index in [4.69, 9.17) is 28.1 Å². The Morgan fingerprint density at radius 3 is 1.96 bits per heavy atom. The summed E-state index contributed by atoms with van der Waals surface area (Å²) in [6.45, 7) is 0.776. The highest BCUT2D eigenvalue weighted by molar-refractivity contribution is 6.21. The predicted molar refractivity (Wildman–Crippen MR) is 195 cm³/mol. The average molecular weight is 664 g/mol. The Kier molecular flexibility index (Phi) is 7.97. The topological polar surface area (TPSA) is 80.8 Å². The number of rotatable bonds is 10. The van der Waals surface area contributed by atoms with Crippen LogP contribution < -0.4 is 29.3 Å². The van der Waals surface area contributed by atoms with Crippen LogP contribution >= 0.6 is 0 Å². The predicted octanol–water partition coefficient (Wildman–Crippen LogP) is 9.20. The van der Waals surface area contributed by atoms with E-state index in [1.165, 1.54) is 0 Å². The number of hydrogen-bond donors (Lipinski definition) is 0. The van der Waals surface area contributed by atoms with Crippen molar-refractivity contribution in [2.24, 2.45) is 0 Å². The Balaban J connectivity index is 1.38. The van der Waals surface area contributed by atoms with Gasteiger partial charge in [-0.2, -0.15) is 0 Å². The van der Waals surface area contributed by atoms with Crippen molar-refractivity contribution in [3.8, 4) is 39.9 Å². The van der Waals surface area contributed by atoms with Gasteiger partial charge in [-0.25, -0.2) is 4.79 Å². The third-order valence-corrected chi connectivity index (χ3v) is 8.98. The number of pyridine rings is 1. The van der Waals surface area contributed by atoms with Crippen molar-refractivity contribution in [1.82, 2.24) is 4.40 Å². The molecule has 3 heterocycles. The summed E-state index contributed by atoms with van der Waals surface area (Å²) in [6.07, 6.45) is 1.90. The van der Waals surface area contributed by atoms with Gasteiger partial charge >= 0.3 is 5.63 Å². The first kappa shape index (κ1) is 30.9. The van der Waals surface area contributed by atoms with Gasteiger partial charge in [-0.15, -0.1) is 0 Å². The molecule has 0 saturated heterocycles. The molecule has 0 fully saturated rings. The van der Waals surface area contributed by atoms with Crippen LogP contribution in [0.5, 0.6) is 28.7 Å². The van der Waals surface area contributed by atoms with E-state index in [1.54, 1.807) is 33.5 Å². The van der Waals surface area contributed by atoms with E-state index in [0.717, 1.165) is 49.3 Å². The van der Waals surface area contributed by atoms with Crippen LogP contribution in [0.25, 0.3) is 49.3 Å². The van der Waals surface area contributed by atoms with Gasteiger partial charge in [0.15, 0.2) is 23.0 Å². The third-order valence-electron chi connectivity index (χ3n) is 8.98. The molecule has 3 aromatic heterocycles. The zero-order valence-electron chi connectivity index (χ0n) is 27.8. The Morgan fingerprint density at radius 1 is 0.600 bits per heavy atom. The van der Waals surface area contributed by atoms with Gasteiger partial charge in [-0.3, -0.25) is 0 Å². The molecule has 0 spiro atoms. The van der Waals surface area contributed by atoms with Crippen molar-refractivity contribution < 1.29 is 28.1 Å². The lowest BCUT2D eigenvalue weighted by atomic mass is 9.98. The highest BCUT2D eigenvalue weighted by Gasteiger charge is 2.24. The fourth-order valence-electron chi connectivity index (χ4n) is 6.57. The molecule has 8 aromatic rings. The van der Waals surface area contributed by atoms with Crippen molar-refractivity contribution >= 4 is 38.2 Å². The fraction of sp³-hybridized carbons (Fsp3) is 0.119. The van der Waals surface area contributed by atoms with Crippen LogP contribution in [-0.2, 0) is 13.2 Å². The van der Waals surface area contributed by atoms with E-state index in [0.29, 0.717) is 53.1 Å². The molecular weight excluding hydrogens is 630 g/mol. The van der Waals surface area contributed by atoms with Crippen LogP contribution in [0.3, 0.4) is 0 Å². The summed E-state index contributed by atoms with van der Waals surface area (Å²) in [5, 5.41) is 3.24. The van der Waals surface area contributed by atoms with E-state index in [9.17, 15) is 4.79 Å². The molecule has 0 amide bonds. The Hall–Kier alpha value is -6.41. The van der Waals surface area contributed by atoms with Crippen molar-refractivity contribution in [3.63, 3.8) is 0 Å². The Morgan fingerprint density at radius 2 is 1.28 bits per heavy atom. The van der Waals surface area contributed by atoms with Gasteiger partial charge in [-0.05, 0) is 70.6 Å². The summed E-state index contributed by atoms with van der Waals surface area (Å²) in [5.41, 5.74) is 4.94. The lowest BCUT2D eigenvalue weighted by molar-refractivity contribution is 0.284. The molecule has 0 unspecified atom stereocenters. The van der Waals surface area contributed by atoms with Gasteiger partial charge in [0.2, 0.25) is 0 Å². The minimum absolute atomic E-state index is 0.387. The molecule has 0 aliphatic rings. The number of benzene rings is 5. The van der Waals surface area contributed by atoms with E-state index >= 15 is 0 Å². The molecule has 8 heteroatoms. The number of nitrogens with zero attached hydrogens (tertiary/aromatic N) is 1. The minimum atomic E-state index is -0.456. The van der Waals surface area contributed by atoms with Crippen LogP contribution in [0.1, 0.15) is 11.1 Å². The zero-order chi connectivity index (χ0) is 34.2. The van der Waals surface area contributed by atoms with Gasteiger partial charge in [-0.1, -0.05) is 66.7 Å². The van der Waals surface area contributed by atoms with Crippen molar-refractivity contribution in [2.45, 2.75) is 13.2 Å². The van der Waals surface area contributed by atoms with Crippen LogP contribution in [0.4, 0.5) is 0 Å². The molecular formula is C42H33NO7. The summed E-state index contributed by atoms with van der Waals surface area (Å²) in [7, 11) is 4.86. The molecule has 248 valence electrons. The van der Waals surface area contributed by atoms with Crippen LogP contribution in [-0.4, -0.2) is 25.7 Å². The molecule has 0 bridgehead atoms. The highest BCUT2D eigenvalue weighted by Crippen LogP contribution is 2.45. The maximum absolute atomic E-state index is 13.8. The normalized spacial score (nSPS) is 11.3. The lowest BCUT2D eigenvalue weighted by Crippen LogP contribution is -2.02. The zero-order valence-corrected chi connectivity index (χ0v) is 27.8. The van der Waals surface area contributed by atoms with Gasteiger partial charge < -0.3 is 32.5 Å². The highest BCUT2D eigenvalue weighted by atomic mass is 16.5. The first-order valence-corrected chi connectivity index (χ1v) is 16.2. The molecule has 0 atom stereocenters. The maximum Gasteiger partial charge on any atom is 0.361 e. The molecule has 5 aromatic carbocycles. The molecule has 0 radical (unpaired) electrons. The van der Waals surface area contributed by atoms with Crippen LogP contribution in [0, 0.1) is 0 Å². The molecule has 0 aliphatic heterocycles. The van der Waals surface area contributed by atoms with E-state index in [2.05, 4.69) is 0 Å². The third kappa shape index (κ3) is 5.41. The second-order valence-electron chi connectivity index (χ2n) is 11.9. The first-order chi connectivity index (χ1) is 24.6. The molecule has 50 heavy (non-hydrogen) atoms. The van der Waals surface area contributed by atoms with Gasteiger partial charge in [0.1, 0.15) is 30.1 Å². The Labute approximate surface area is 287 Å². The lowest BCUT2D eigenvalue weighted by Gasteiger charge is -2.15. The monoisotopic (exact) mass is 663 g/mol. The summed E-state index contributed by atoms with van der Waals surface area (Å²) < 4.78 is 37.6. The first-order valence-electron chi connectivity index (χ1n) is 16.2. The SMILES string of the molecule is COc1ccc2oc(=O)c3c(c(-c4ccc(OCc5ccccc5)c(OC)c4)c4c5cc(OC)c(OCc6ccccc6)cc5ccn43)c2c1. The quantitative estimate of drug-likeness (QED) is 0.135. The van der Waals surface area contributed by atoms with Crippen LogP contribution in [0.2, 0.25) is 0 Å². The summed E-state index contributed by atoms with van der Waals surface area (Å²) in [6, 6.07) is 37.2. The molecule has 0 N–H and O–H groups in total. The number of ether oxygens (including phenoxy) is 5. The Bertz CT molecular complexity index is 2570. The van der Waals surface area contributed by atoms with Gasteiger partial charge in [0, 0.05) is 27.9 Å². The number of fused-ring (bicyclic) bond motifs is 7. The van der Waals surface area contributed by atoms with E-state index in [1.807, 2.05) is 114 Å². The van der Waals surface area contributed by atoms with Crippen LogP contribution in [0.15, 0.2) is 131 Å². The van der Waals surface area contributed by atoms with Crippen molar-refractivity contribution in [1.29, 1.82) is 0 Å². The van der Waals surface area contributed by atoms with Crippen molar-refractivity contribution in [3.05, 3.63) is 143 Å². The summed E-state index contributed by atoms with van der Waals surface area (Å²) in [5.74, 6) is 2.99. The molecule has 0 aliphatic carbocycles. The largest absolute Gasteiger partial charge is 0.497 e. The minimum Gasteiger partial charge on any atom is -0.497 e. The average Bonchev–Trinajstić information content (AvgIpc) is 3.53. The number of hydrogen-bond acceptors (Lipinski definition) is 7. The number of methoxy groups -OCH3 is 3. The smallest absolute Gasteiger partial charge is 0.361 e. The molecule has 0 saturated carbocycles. The molecule has 8 rings (SSSR count). The summed E-state index contributed by atoms with van der Waals surface area (Å²) >= 11 is 0. The van der Waals surface area contributed by atoms with Gasteiger partial charge in [0.05, 0.1) is 26.8 Å². The fourth-order valence-corrected chi connectivity index (χ4v) is 6.57. The van der Waals surface area contributed by atoms with Gasteiger partial charge in [0.25, 0.3) is 0 Å². The van der Waals surface area contributed by atoms with E-state index in [-0.39, 0.29) is 0 Å². The standard InChI is InChI=1S/C42H33NO7/c1-45-30-15-17-33-32(22-30)39-38(29-14-16-34(35(21-29)46-2)48-24-26-10-6-4-7-11-26)40-31-23-36(47-3)37(49-25-27-12-8-5-9-13-27)20-28(31)18-19-43(40)41(39)42(44)50-33/h4-23H,24-25H2,1-3H3. The maximum atomic E-state index is 13.8.